The van der Waals surface area contributed by atoms with Gasteiger partial charge in [0, 0.05) is 37.8 Å². The second-order valence-corrected chi connectivity index (χ2v) is 5.41. The normalized spacial score (nSPS) is 20.9. The summed E-state index contributed by atoms with van der Waals surface area (Å²) >= 11 is 0. The molecule has 0 saturated carbocycles. The Labute approximate surface area is 123 Å². The summed E-state index contributed by atoms with van der Waals surface area (Å²) in [5.74, 6) is -1.66. The molecule has 1 amide bonds. The molecule has 0 aliphatic carbocycles. The highest BCUT2D eigenvalue weighted by Gasteiger charge is 2.48. The second-order valence-electron chi connectivity index (χ2n) is 5.41. The summed E-state index contributed by atoms with van der Waals surface area (Å²) in [6.45, 7) is 5.04. The number of methoxy groups -OCH3 is 2. The molecule has 1 aliphatic heterocycles. The van der Waals surface area contributed by atoms with Gasteiger partial charge in [-0.15, -0.1) is 0 Å². The van der Waals surface area contributed by atoms with Gasteiger partial charge in [-0.05, 0) is 0 Å². The fraction of sp³-hybridized carbons (Fsp3) is 0.643. The fourth-order valence-electron chi connectivity index (χ4n) is 2.11. The number of rotatable bonds is 6. The molecule has 7 heteroatoms. The lowest BCUT2D eigenvalue weighted by atomic mass is 9.89. The van der Waals surface area contributed by atoms with Gasteiger partial charge < -0.3 is 19.1 Å². The average molecular weight is 299 g/mol. The fourth-order valence-corrected chi connectivity index (χ4v) is 2.11. The van der Waals surface area contributed by atoms with Crippen LogP contribution in [0.15, 0.2) is 12.2 Å². The van der Waals surface area contributed by atoms with E-state index in [2.05, 4.69) is 4.74 Å². The van der Waals surface area contributed by atoms with Crippen molar-refractivity contribution < 1.29 is 28.6 Å². The third-order valence-electron chi connectivity index (χ3n) is 3.20. The lowest BCUT2D eigenvalue weighted by Gasteiger charge is -2.22. The van der Waals surface area contributed by atoms with Gasteiger partial charge in [-0.1, -0.05) is 13.8 Å². The summed E-state index contributed by atoms with van der Waals surface area (Å²) in [6.07, 6.45) is 1.04. The Morgan fingerprint density at radius 3 is 2.48 bits per heavy atom. The van der Waals surface area contributed by atoms with Gasteiger partial charge in [0.05, 0.1) is 13.7 Å². The minimum absolute atomic E-state index is 0.253. The van der Waals surface area contributed by atoms with E-state index in [4.69, 9.17) is 9.47 Å². The minimum atomic E-state index is -0.871. The SMILES string of the molecule is COCCN1CC(C)(C)[C@@H](OC(=O)/C=C/C(=O)OC)C1=O. The molecule has 1 rings (SSSR count). The van der Waals surface area contributed by atoms with E-state index in [1.165, 1.54) is 7.11 Å². The predicted octanol–water partition coefficient (Wildman–Crippen LogP) is 0.142. The number of carbonyl (C=O) groups is 3. The van der Waals surface area contributed by atoms with Gasteiger partial charge in [0.2, 0.25) is 0 Å². The first kappa shape index (κ1) is 17.2. The molecular formula is C14H21NO6. The summed E-state index contributed by atoms with van der Waals surface area (Å²) < 4.78 is 14.5. The van der Waals surface area contributed by atoms with Crippen LogP contribution in [0.4, 0.5) is 0 Å². The van der Waals surface area contributed by atoms with Crippen LogP contribution in [0.25, 0.3) is 0 Å². The molecule has 0 N–H and O–H groups in total. The van der Waals surface area contributed by atoms with E-state index in [0.717, 1.165) is 12.2 Å². The summed E-state index contributed by atoms with van der Waals surface area (Å²) in [6, 6.07) is 0. The Morgan fingerprint density at radius 2 is 1.90 bits per heavy atom. The van der Waals surface area contributed by atoms with Crippen molar-refractivity contribution in [1.82, 2.24) is 4.90 Å². The van der Waals surface area contributed by atoms with Gasteiger partial charge in [0.1, 0.15) is 0 Å². The smallest absolute Gasteiger partial charge is 0.331 e. The van der Waals surface area contributed by atoms with Crippen LogP contribution in [-0.2, 0) is 28.6 Å². The van der Waals surface area contributed by atoms with E-state index in [1.54, 1.807) is 12.0 Å². The Bertz CT molecular complexity index is 443. The van der Waals surface area contributed by atoms with Crippen molar-refractivity contribution in [2.45, 2.75) is 20.0 Å². The maximum atomic E-state index is 12.2. The number of carbonyl (C=O) groups excluding carboxylic acids is 3. The Kier molecular flexibility index (Phi) is 5.90. The van der Waals surface area contributed by atoms with Crippen LogP contribution < -0.4 is 0 Å². The van der Waals surface area contributed by atoms with Crippen LogP contribution in [0.2, 0.25) is 0 Å². The van der Waals surface area contributed by atoms with E-state index in [1.807, 2.05) is 13.8 Å². The van der Waals surface area contributed by atoms with Crippen LogP contribution >= 0.6 is 0 Å². The van der Waals surface area contributed by atoms with E-state index in [9.17, 15) is 14.4 Å². The van der Waals surface area contributed by atoms with Crippen LogP contribution in [0.1, 0.15) is 13.8 Å². The number of amides is 1. The van der Waals surface area contributed by atoms with Gasteiger partial charge in [0.15, 0.2) is 6.10 Å². The molecule has 118 valence electrons. The van der Waals surface area contributed by atoms with Crippen LogP contribution in [0, 0.1) is 5.41 Å². The van der Waals surface area contributed by atoms with Crippen molar-refractivity contribution in [3.63, 3.8) is 0 Å². The highest BCUT2D eigenvalue weighted by atomic mass is 16.6. The number of likely N-dealkylation sites (tertiary alicyclic amines) is 1. The Hall–Kier alpha value is -1.89. The summed E-state index contributed by atoms with van der Waals surface area (Å²) in [4.78, 5) is 36.4. The molecule has 0 bridgehead atoms. The molecule has 0 spiro atoms. The first-order valence-corrected chi connectivity index (χ1v) is 6.56. The standard InChI is InChI=1S/C14H21NO6/c1-14(2)9-15(7-8-19-3)13(18)12(14)21-11(17)6-5-10(16)20-4/h5-6,12H,7-9H2,1-4H3/b6-5+/t12-/m0/s1. The third-order valence-corrected chi connectivity index (χ3v) is 3.20. The third kappa shape index (κ3) is 4.56. The predicted molar refractivity (Wildman–Crippen MR) is 73.3 cm³/mol. The molecule has 7 nitrogen and oxygen atoms in total. The van der Waals surface area contributed by atoms with Gasteiger partial charge in [-0.25, -0.2) is 9.59 Å². The quantitative estimate of drug-likeness (QED) is 0.512. The number of hydrogen-bond acceptors (Lipinski definition) is 6. The van der Waals surface area contributed by atoms with Gasteiger partial charge in [0.25, 0.3) is 5.91 Å². The monoisotopic (exact) mass is 299 g/mol. The first-order chi connectivity index (χ1) is 9.81. The van der Waals surface area contributed by atoms with Gasteiger partial charge in [-0.2, -0.15) is 0 Å². The van der Waals surface area contributed by atoms with E-state index >= 15 is 0 Å². The summed E-state index contributed by atoms with van der Waals surface area (Å²) in [5, 5.41) is 0. The molecule has 1 aliphatic rings. The minimum Gasteiger partial charge on any atom is -0.466 e. The van der Waals surface area contributed by atoms with Crippen LogP contribution in [-0.4, -0.2) is 62.8 Å². The van der Waals surface area contributed by atoms with Crippen molar-refractivity contribution >= 4 is 17.8 Å². The lowest BCUT2D eigenvalue weighted by molar-refractivity contribution is -0.156. The van der Waals surface area contributed by atoms with Crippen molar-refractivity contribution in [1.29, 1.82) is 0 Å². The maximum Gasteiger partial charge on any atom is 0.331 e. The Morgan fingerprint density at radius 1 is 1.29 bits per heavy atom. The van der Waals surface area contributed by atoms with E-state index in [0.29, 0.717) is 19.7 Å². The largest absolute Gasteiger partial charge is 0.466 e. The molecule has 0 unspecified atom stereocenters. The molecule has 1 saturated heterocycles. The molecule has 0 radical (unpaired) electrons. The maximum absolute atomic E-state index is 12.2. The molecule has 1 fully saturated rings. The zero-order valence-corrected chi connectivity index (χ0v) is 12.8. The molecule has 1 heterocycles. The van der Waals surface area contributed by atoms with Gasteiger partial charge in [-0.3, -0.25) is 4.79 Å². The summed E-state index contributed by atoms with van der Waals surface area (Å²) in [5.41, 5.74) is -0.500. The number of nitrogens with zero attached hydrogens (tertiary/aromatic N) is 1. The summed E-state index contributed by atoms with van der Waals surface area (Å²) in [7, 11) is 2.76. The van der Waals surface area contributed by atoms with Crippen molar-refractivity contribution in [3.8, 4) is 0 Å². The average Bonchev–Trinajstić information content (AvgIpc) is 2.65. The highest BCUT2D eigenvalue weighted by molar-refractivity contribution is 5.93. The van der Waals surface area contributed by atoms with E-state index < -0.39 is 23.5 Å². The molecule has 0 aromatic carbocycles. The molecule has 0 aromatic heterocycles. The number of esters is 2. The zero-order valence-electron chi connectivity index (χ0n) is 12.8. The van der Waals surface area contributed by atoms with Crippen LogP contribution in [0.3, 0.4) is 0 Å². The molecular weight excluding hydrogens is 278 g/mol. The Balaban J connectivity index is 2.68. The lowest BCUT2D eigenvalue weighted by Crippen LogP contribution is -2.36. The molecule has 1 atom stereocenters. The topological polar surface area (TPSA) is 82.1 Å². The number of ether oxygens (including phenoxy) is 3. The van der Waals surface area contributed by atoms with Crippen molar-refractivity contribution in [3.05, 3.63) is 12.2 Å². The number of hydrogen-bond donors (Lipinski definition) is 0. The molecule has 0 aromatic rings. The van der Waals surface area contributed by atoms with Crippen LogP contribution in [0.5, 0.6) is 0 Å². The van der Waals surface area contributed by atoms with Crippen molar-refractivity contribution in [2.75, 3.05) is 33.9 Å². The second kappa shape index (κ2) is 7.21. The zero-order chi connectivity index (χ0) is 16.0. The highest BCUT2D eigenvalue weighted by Crippen LogP contribution is 2.33. The van der Waals surface area contributed by atoms with Crippen molar-refractivity contribution in [2.24, 2.45) is 5.41 Å². The molecule has 21 heavy (non-hydrogen) atoms. The first-order valence-electron chi connectivity index (χ1n) is 6.56. The van der Waals surface area contributed by atoms with Gasteiger partial charge >= 0.3 is 11.9 Å². The van der Waals surface area contributed by atoms with E-state index in [-0.39, 0.29) is 5.91 Å².